The van der Waals surface area contributed by atoms with Crippen LogP contribution in [0.3, 0.4) is 0 Å². The molecule has 1 rings (SSSR count). The van der Waals surface area contributed by atoms with Crippen molar-refractivity contribution >= 4 is 40.7 Å². The summed E-state index contributed by atoms with van der Waals surface area (Å²) < 4.78 is 0. The van der Waals surface area contributed by atoms with Crippen molar-refractivity contribution in [1.29, 1.82) is 0 Å². The van der Waals surface area contributed by atoms with Crippen LogP contribution in [0.1, 0.15) is 6.42 Å². The van der Waals surface area contributed by atoms with E-state index in [4.69, 9.17) is 23.2 Å². The Labute approximate surface area is 100 Å². The summed E-state index contributed by atoms with van der Waals surface area (Å²) in [6.45, 7) is 0.613. The molecular formula is C7H8Cl2N2O3S. The maximum atomic E-state index is 11.4. The molecule has 0 aliphatic carbocycles. The highest BCUT2D eigenvalue weighted by atomic mass is 35.5. The Morgan fingerprint density at radius 3 is 2.67 bits per heavy atom. The zero-order valence-electron chi connectivity index (χ0n) is 7.53. The molecule has 1 aliphatic rings. The van der Waals surface area contributed by atoms with Gasteiger partial charge >= 0.3 is 5.70 Å². The summed E-state index contributed by atoms with van der Waals surface area (Å²) in [5.41, 5.74) is -0.547. The van der Waals surface area contributed by atoms with E-state index in [-0.39, 0.29) is 5.03 Å². The van der Waals surface area contributed by atoms with E-state index in [0.717, 1.165) is 12.2 Å². The standard InChI is InChI=1S/C7H8Cl2N2O3S/c8-6(9)5(12)4(11(13)14)7-10-2-1-3-15-7/h6,10H,1-3H2/b7-4-. The van der Waals surface area contributed by atoms with Crippen LogP contribution in [-0.4, -0.2) is 27.8 Å². The minimum Gasteiger partial charge on any atom is -0.374 e. The Hall–Kier alpha value is -0.460. The molecule has 1 fully saturated rings. The van der Waals surface area contributed by atoms with Crippen LogP contribution >= 0.6 is 35.0 Å². The Balaban J connectivity index is 2.99. The average molecular weight is 271 g/mol. The summed E-state index contributed by atoms with van der Waals surface area (Å²) in [5, 5.41) is 13.8. The number of Topliss-reactive ketones (excluding diaryl/α,β-unsaturated/α-hetero) is 1. The predicted octanol–water partition coefficient (Wildman–Crippen LogP) is 1.53. The van der Waals surface area contributed by atoms with Gasteiger partial charge in [0.05, 0.1) is 4.92 Å². The second-order valence-electron chi connectivity index (χ2n) is 2.73. The van der Waals surface area contributed by atoms with Crippen molar-refractivity contribution in [2.45, 2.75) is 11.3 Å². The molecule has 1 aliphatic heterocycles. The number of thioether (sulfide) groups is 1. The molecule has 1 heterocycles. The lowest BCUT2D eigenvalue weighted by molar-refractivity contribution is -0.419. The van der Waals surface area contributed by atoms with Gasteiger partial charge in [-0.1, -0.05) is 23.2 Å². The van der Waals surface area contributed by atoms with Gasteiger partial charge in [0.1, 0.15) is 0 Å². The Bertz CT molecular complexity index is 311. The second-order valence-corrected chi connectivity index (χ2v) is 4.93. The van der Waals surface area contributed by atoms with Gasteiger partial charge < -0.3 is 5.32 Å². The number of allylic oxidation sites excluding steroid dienone is 1. The molecule has 1 N–H and O–H groups in total. The lowest BCUT2D eigenvalue weighted by Crippen LogP contribution is -2.27. The maximum absolute atomic E-state index is 11.4. The van der Waals surface area contributed by atoms with Crippen molar-refractivity contribution in [3.63, 3.8) is 0 Å². The molecule has 1 saturated heterocycles. The number of nitrogens with zero attached hydrogens (tertiary/aromatic N) is 1. The van der Waals surface area contributed by atoms with E-state index < -0.39 is 21.2 Å². The SMILES string of the molecule is O=C(/C(=C1\NCCCS1)[N+](=O)[O-])C(Cl)Cl. The molecule has 0 saturated carbocycles. The molecule has 84 valence electrons. The molecule has 0 aromatic heterocycles. The van der Waals surface area contributed by atoms with Crippen LogP contribution in [0.25, 0.3) is 0 Å². The summed E-state index contributed by atoms with van der Waals surface area (Å²) in [6.07, 6.45) is 0.901. The van der Waals surface area contributed by atoms with Crippen LogP contribution in [0.2, 0.25) is 0 Å². The van der Waals surface area contributed by atoms with Crippen molar-refractivity contribution in [2.24, 2.45) is 0 Å². The Morgan fingerprint density at radius 1 is 1.60 bits per heavy atom. The van der Waals surface area contributed by atoms with E-state index in [9.17, 15) is 14.9 Å². The molecule has 0 atom stereocenters. The average Bonchev–Trinajstić information content (AvgIpc) is 2.18. The molecule has 15 heavy (non-hydrogen) atoms. The smallest absolute Gasteiger partial charge is 0.344 e. The van der Waals surface area contributed by atoms with Gasteiger partial charge in [-0.15, -0.1) is 11.8 Å². The fraction of sp³-hybridized carbons (Fsp3) is 0.571. The topological polar surface area (TPSA) is 72.2 Å². The van der Waals surface area contributed by atoms with E-state index in [1.165, 1.54) is 11.8 Å². The summed E-state index contributed by atoms with van der Waals surface area (Å²) in [4.78, 5) is 19.9. The third-order valence-corrected chi connectivity index (χ3v) is 3.20. The van der Waals surface area contributed by atoms with Crippen molar-refractivity contribution in [1.82, 2.24) is 5.32 Å². The number of ketones is 1. The number of halogens is 2. The zero-order chi connectivity index (χ0) is 11.4. The Kier molecular flexibility index (Phi) is 4.69. The van der Waals surface area contributed by atoms with Gasteiger partial charge in [-0.2, -0.15) is 0 Å². The predicted molar refractivity (Wildman–Crippen MR) is 59.6 cm³/mol. The number of rotatable bonds is 3. The van der Waals surface area contributed by atoms with Crippen molar-refractivity contribution < 1.29 is 9.72 Å². The molecule has 0 radical (unpaired) electrons. The summed E-state index contributed by atoms with van der Waals surface area (Å²) >= 11 is 11.9. The molecular weight excluding hydrogens is 263 g/mol. The van der Waals surface area contributed by atoms with E-state index in [1.54, 1.807) is 0 Å². The van der Waals surface area contributed by atoms with Crippen LogP contribution in [0.15, 0.2) is 10.7 Å². The summed E-state index contributed by atoms with van der Waals surface area (Å²) in [7, 11) is 0. The van der Waals surface area contributed by atoms with Crippen molar-refractivity contribution in [3.05, 3.63) is 20.8 Å². The highest BCUT2D eigenvalue weighted by molar-refractivity contribution is 8.03. The van der Waals surface area contributed by atoms with Crippen LogP contribution in [0.5, 0.6) is 0 Å². The van der Waals surface area contributed by atoms with Crippen molar-refractivity contribution in [2.75, 3.05) is 12.3 Å². The number of hydrogen-bond donors (Lipinski definition) is 1. The number of alkyl halides is 2. The van der Waals surface area contributed by atoms with Gasteiger partial charge in [0.25, 0.3) is 5.78 Å². The van der Waals surface area contributed by atoms with Crippen LogP contribution in [0.4, 0.5) is 0 Å². The molecule has 5 nitrogen and oxygen atoms in total. The lowest BCUT2D eigenvalue weighted by atomic mass is 10.3. The molecule has 0 spiro atoms. The third kappa shape index (κ3) is 3.25. The first-order chi connectivity index (χ1) is 7.04. The number of carbonyl (C=O) groups excluding carboxylic acids is 1. The molecule has 0 aromatic carbocycles. The lowest BCUT2D eigenvalue weighted by Gasteiger charge is -2.15. The first kappa shape index (κ1) is 12.6. The largest absolute Gasteiger partial charge is 0.374 e. The summed E-state index contributed by atoms with van der Waals surface area (Å²) in [6, 6.07) is 0. The van der Waals surface area contributed by atoms with Gasteiger partial charge in [0.15, 0.2) is 9.87 Å². The third-order valence-electron chi connectivity index (χ3n) is 1.68. The fourth-order valence-electron chi connectivity index (χ4n) is 1.04. The first-order valence-corrected chi connectivity index (χ1v) is 5.97. The first-order valence-electron chi connectivity index (χ1n) is 4.11. The van der Waals surface area contributed by atoms with Crippen molar-refractivity contribution in [3.8, 4) is 0 Å². The molecule has 8 heteroatoms. The maximum Gasteiger partial charge on any atom is 0.344 e. The minimum absolute atomic E-state index is 0.252. The van der Waals surface area contributed by atoms with Gasteiger partial charge in [0, 0.05) is 12.3 Å². The highest BCUT2D eigenvalue weighted by Gasteiger charge is 2.32. The summed E-state index contributed by atoms with van der Waals surface area (Å²) in [5.74, 6) is -0.136. The van der Waals surface area contributed by atoms with Gasteiger partial charge in [0.2, 0.25) is 0 Å². The van der Waals surface area contributed by atoms with Gasteiger partial charge in [-0.25, -0.2) is 0 Å². The molecule has 0 amide bonds. The zero-order valence-corrected chi connectivity index (χ0v) is 9.86. The number of nitro groups is 1. The van der Waals surface area contributed by atoms with E-state index >= 15 is 0 Å². The van der Waals surface area contributed by atoms with Gasteiger partial charge in [-0.05, 0) is 6.42 Å². The second kappa shape index (κ2) is 5.58. The van der Waals surface area contributed by atoms with E-state index in [1.807, 2.05) is 0 Å². The fourth-order valence-corrected chi connectivity index (χ4v) is 2.26. The quantitative estimate of drug-likeness (QED) is 0.365. The Morgan fingerprint density at radius 2 is 2.27 bits per heavy atom. The minimum atomic E-state index is -1.40. The van der Waals surface area contributed by atoms with E-state index in [2.05, 4.69) is 5.32 Å². The van der Waals surface area contributed by atoms with E-state index in [0.29, 0.717) is 6.54 Å². The normalized spacial score (nSPS) is 19.7. The van der Waals surface area contributed by atoms with Crippen LogP contribution in [0, 0.1) is 10.1 Å². The highest BCUT2D eigenvalue weighted by Crippen LogP contribution is 2.24. The number of carbonyl (C=O) groups is 1. The van der Waals surface area contributed by atoms with Crippen LogP contribution in [-0.2, 0) is 4.79 Å². The molecule has 0 bridgehead atoms. The monoisotopic (exact) mass is 270 g/mol. The number of nitrogens with one attached hydrogen (secondary N) is 1. The van der Waals surface area contributed by atoms with Crippen LogP contribution < -0.4 is 5.32 Å². The number of hydrogen-bond acceptors (Lipinski definition) is 5. The molecule has 0 aromatic rings. The van der Waals surface area contributed by atoms with Gasteiger partial charge in [-0.3, -0.25) is 14.9 Å². The molecule has 0 unspecified atom stereocenters.